The smallest absolute Gasteiger partial charge is 0.327 e. The van der Waals surface area contributed by atoms with E-state index in [1.165, 1.54) is 4.90 Å². The summed E-state index contributed by atoms with van der Waals surface area (Å²) < 4.78 is 0. The van der Waals surface area contributed by atoms with Crippen molar-refractivity contribution in [2.24, 2.45) is 0 Å². The number of fused-ring (bicyclic) bond motifs is 1. The topological polar surface area (TPSA) is 73.0 Å². The predicted octanol–water partition coefficient (Wildman–Crippen LogP) is 0.217. The standard InChI is InChI=1S/C13H20N4O3/c1-2-14-12(19)15-7-5-9(8-15)17-11(18)10-4-3-6-16(10)13(17)20/h9-10H,2-8H2,1H3,(H,14,19). The van der Waals surface area contributed by atoms with Crippen LogP contribution in [-0.4, -0.2) is 70.9 Å². The Morgan fingerprint density at radius 2 is 2.10 bits per heavy atom. The van der Waals surface area contributed by atoms with Crippen molar-refractivity contribution in [2.45, 2.75) is 38.3 Å². The first kappa shape index (κ1) is 13.2. The molecule has 2 unspecified atom stereocenters. The van der Waals surface area contributed by atoms with Crippen molar-refractivity contribution in [1.29, 1.82) is 0 Å². The summed E-state index contributed by atoms with van der Waals surface area (Å²) in [6, 6.07) is -0.695. The molecule has 0 aromatic rings. The molecule has 5 amide bonds. The molecule has 3 fully saturated rings. The summed E-state index contributed by atoms with van der Waals surface area (Å²) in [7, 11) is 0. The van der Waals surface area contributed by atoms with E-state index in [9.17, 15) is 14.4 Å². The molecule has 0 radical (unpaired) electrons. The molecule has 0 aromatic heterocycles. The van der Waals surface area contributed by atoms with E-state index in [0.717, 1.165) is 12.8 Å². The quantitative estimate of drug-likeness (QED) is 0.735. The Balaban J connectivity index is 1.68. The minimum Gasteiger partial charge on any atom is -0.338 e. The van der Waals surface area contributed by atoms with Crippen LogP contribution >= 0.6 is 0 Å². The van der Waals surface area contributed by atoms with Gasteiger partial charge < -0.3 is 15.1 Å². The van der Waals surface area contributed by atoms with Gasteiger partial charge in [0, 0.05) is 26.2 Å². The molecule has 7 nitrogen and oxygen atoms in total. The van der Waals surface area contributed by atoms with Crippen LogP contribution in [0.2, 0.25) is 0 Å². The largest absolute Gasteiger partial charge is 0.338 e. The molecule has 110 valence electrons. The summed E-state index contributed by atoms with van der Waals surface area (Å²) >= 11 is 0. The van der Waals surface area contributed by atoms with Gasteiger partial charge in [-0.2, -0.15) is 0 Å². The Labute approximate surface area is 117 Å². The zero-order chi connectivity index (χ0) is 14.3. The fourth-order valence-electron chi connectivity index (χ4n) is 3.38. The third kappa shape index (κ3) is 1.92. The average molecular weight is 280 g/mol. The number of nitrogens with one attached hydrogen (secondary N) is 1. The van der Waals surface area contributed by atoms with E-state index < -0.39 is 0 Å². The maximum Gasteiger partial charge on any atom is 0.327 e. The number of nitrogens with zero attached hydrogens (tertiary/aromatic N) is 3. The zero-order valence-electron chi connectivity index (χ0n) is 11.7. The second-order valence-corrected chi connectivity index (χ2v) is 5.57. The van der Waals surface area contributed by atoms with Gasteiger partial charge in [0.1, 0.15) is 6.04 Å². The third-order valence-corrected chi connectivity index (χ3v) is 4.37. The first-order valence-corrected chi connectivity index (χ1v) is 7.30. The predicted molar refractivity (Wildman–Crippen MR) is 71.0 cm³/mol. The summed E-state index contributed by atoms with van der Waals surface area (Å²) in [5.41, 5.74) is 0. The highest BCUT2D eigenvalue weighted by molar-refractivity contribution is 6.05. The van der Waals surface area contributed by atoms with Gasteiger partial charge in [-0.25, -0.2) is 9.59 Å². The second kappa shape index (κ2) is 4.96. The highest BCUT2D eigenvalue weighted by Gasteiger charge is 2.51. The van der Waals surface area contributed by atoms with Crippen molar-refractivity contribution < 1.29 is 14.4 Å². The van der Waals surface area contributed by atoms with Crippen LogP contribution in [0.4, 0.5) is 9.59 Å². The van der Waals surface area contributed by atoms with E-state index in [-0.39, 0.29) is 30.1 Å². The molecule has 0 spiro atoms. The number of hydrogen-bond donors (Lipinski definition) is 1. The number of imide groups is 1. The van der Waals surface area contributed by atoms with Gasteiger partial charge in [-0.1, -0.05) is 0 Å². The van der Waals surface area contributed by atoms with Crippen molar-refractivity contribution in [3.8, 4) is 0 Å². The zero-order valence-corrected chi connectivity index (χ0v) is 11.7. The summed E-state index contributed by atoms with van der Waals surface area (Å²) in [5, 5.41) is 2.75. The van der Waals surface area contributed by atoms with Crippen LogP contribution < -0.4 is 5.32 Å². The van der Waals surface area contributed by atoms with Gasteiger partial charge in [0.05, 0.1) is 6.04 Å². The van der Waals surface area contributed by atoms with E-state index in [4.69, 9.17) is 0 Å². The van der Waals surface area contributed by atoms with Crippen molar-refractivity contribution in [2.75, 3.05) is 26.2 Å². The molecular weight excluding hydrogens is 260 g/mol. The van der Waals surface area contributed by atoms with Gasteiger partial charge in [0.25, 0.3) is 5.91 Å². The minimum absolute atomic E-state index is 0.0738. The molecular formula is C13H20N4O3. The summed E-state index contributed by atoms with van der Waals surface area (Å²) in [6.07, 6.45) is 2.36. The van der Waals surface area contributed by atoms with Crippen LogP contribution in [0, 0.1) is 0 Å². The molecule has 0 saturated carbocycles. The number of hydrogen-bond acceptors (Lipinski definition) is 3. The molecule has 0 bridgehead atoms. The molecule has 1 N–H and O–H groups in total. The van der Waals surface area contributed by atoms with Gasteiger partial charge in [-0.15, -0.1) is 0 Å². The number of carbonyl (C=O) groups is 3. The van der Waals surface area contributed by atoms with Crippen LogP contribution in [0.1, 0.15) is 26.2 Å². The number of amides is 5. The second-order valence-electron chi connectivity index (χ2n) is 5.57. The van der Waals surface area contributed by atoms with Gasteiger partial charge in [0.2, 0.25) is 0 Å². The van der Waals surface area contributed by atoms with Gasteiger partial charge >= 0.3 is 12.1 Å². The molecule has 3 rings (SSSR count). The van der Waals surface area contributed by atoms with Crippen LogP contribution in [-0.2, 0) is 4.79 Å². The number of rotatable bonds is 2. The van der Waals surface area contributed by atoms with Gasteiger partial charge in [0.15, 0.2) is 0 Å². The molecule has 2 atom stereocenters. The van der Waals surface area contributed by atoms with Crippen LogP contribution in [0.15, 0.2) is 0 Å². The van der Waals surface area contributed by atoms with E-state index >= 15 is 0 Å². The van der Waals surface area contributed by atoms with E-state index in [0.29, 0.717) is 32.6 Å². The maximum atomic E-state index is 12.3. The Bertz CT molecular complexity index is 431. The summed E-state index contributed by atoms with van der Waals surface area (Å²) in [4.78, 5) is 41.2. The molecule has 20 heavy (non-hydrogen) atoms. The van der Waals surface area contributed by atoms with Crippen molar-refractivity contribution in [3.63, 3.8) is 0 Å². The molecule has 3 aliphatic heterocycles. The molecule has 3 saturated heterocycles. The monoisotopic (exact) mass is 280 g/mol. The fraction of sp³-hybridized carbons (Fsp3) is 0.769. The lowest BCUT2D eigenvalue weighted by atomic mass is 10.2. The van der Waals surface area contributed by atoms with Crippen molar-refractivity contribution >= 4 is 18.0 Å². The molecule has 3 heterocycles. The minimum atomic E-state index is -0.249. The highest BCUT2D eigenvalue weighted by atomic mass is 16.2. The van der Waals surface area contributed by atoms with Crippen LogP contribution in [0.25, 0.3) is 0 Å². The Morgan fingerprint density at radius 1 is 1.30 bits per heavy atom. The highest BCUT2D eigenvalue weighted by Crippen LogP contribution is 2.31. The molecule has 7 heteroatoms. The Hall–Kier alpha value is -1.79. The third-order valence-electron chi connectivity index (χ3n) is 4.37. The SMILES string of the molecule is CCNC(=O)N1CCC(N2C(=O)C3CCCN3C2=O)C1. The summed E-state index contributed by atoms with van der Waals surface area (Å²) in [6.45, 7) is 4.17. The lowest BCUT2D eigenvalue weighted by molar-refractivity contribution is -0.129. The van der Waals surface area contributed by atoms with E-state index in [1.54, 1.807) is 9.80 Å². The molecule has 3 aliphatic rings. The van der Waals surface area contributed by atoms with Gasteiger partial charge in [-0.05, 0) is 26.2 Å². The van der Waals surface area contributed by atoms with Crippen LogP contribution in [0.3, 0.4) is 0 Å². The number of likely N-dealkylation sites (tertiary alicyclic amines) is 1. The Morgan fingerprint density at radius 3 is 2.80 bits per heavy atom. The normalized spacial score (nSPS) is 29.4. The first-order chi connectivity index (χ1) is 9.63. The summed E-state index contributed by atoms with van der Waals surface area (Å²) in [5.74, 6) is -0.0738. The molecule has 0 aromatic carbocycles. The van der Waals surface area contributed by atoms with Gasteiger partial charge in [-0.3, -0.25) is 9.69 Å². The fourth-order valence-corrected chi connectivity index (χ4v) is 3.38. The Kier molecular flexibility index (Phi) is 3.27. The maximum absolute atomic E-state index is 12.3. The van der Waals surface area contributed by atoms with E-state index in [2.05, 4.69) is 5.32 Å². The van der Waals surface area contributed by atoms with Crippen LogP contribution in [0.5, 0.6) is 0 Å². The first-order valence-electron chi connectivity index (χ1n) is 7.30. The number of urea groups is 2. The van der Waals surface area contributed by atoms with E-state index in [1.807, 2.05) is 6.92 Å². The lowest BCUT2D eigenvalue weighted by Crippen LogP contribution is -2.45. The molecule has 0 aliphatic carbocycles. The lowest BCUT2D eigenvalue weighted by Gasteiger charge is -2.23. The van der Waals surface area contributed by atoms with Crippen molar-refractivity contribution in [3.05, 3.63) is 0 Å². The average Bonchev–Trinajstić information content (AvgIpc) is 3.11. The van der Waals surface area contributed by atoms with Crippen molar-refractivity contribution in [1.82, 2.24) is 20.0 Å². The number of carbonyl (C=O) groups excluding carboxylic acids is 3.